The van der Waals surface area contributed by atoms with Crippen molar-refractivity contribution >= 4 is 11.6 Å². The molecule has 1 aromatic rings. The average molecular weight is 281 g/mol. The third-order valence-electron chi connectivity index (χ3n) is 3.63. The first-order chi connectivity index (χ1) is 9.67. The van der Waals surface area contributed by atoms with E-state index < -0.39 is 0 Å². The Kier molecular flexibility index (Phi) is 5.49. The molecule has 1 amide bonds. The van der Waals surface area contributed by atoms with E-state index in [9.17, 15) is 9.18 Å². The summed E-state index contributed by atoms with van der Waals surface area (Å²) in [5.41, 5.74) is 0.559. The molecular weight excluding hydrogens is 261 g/mol. The van der Waals surface area contributed by atoms with E-state index in [0.29, 0.717) is 11.6 Å². The summed E-state index contributed by atoms with van der Waals surface area (Å²) in [6, 6.07) is 5.62. The topological polar surface area (TPSA) is 58.6 Å². The first kappa shape index (κ1) is 14.9. The fourth-order valence-electron chi connectivity index (χ4n) is 2.40. The van der Waals surface area contributed by atoms with Crippen LogP contribution in [0.5, 0.6) is 0 Å². The van der Waals surface area contributed by atoms with Crippen LogP contribution in [0.4, 0.5) is 10.1 Å². The number of ether oxygens (including phenoxy) is 1. The number of carbonyl (C=O) groups excluding carboxylic acids is 1. The number of carbonyl (C=O) groups is 1. The molecule has 1 aromatic carbocycles. The summed E-state index contributed by atoms with van der Waals surface area (Å²) in [4.78, 5) is 11.7. The number of hydrogen-bond donors (Lipinski definition) is 2. The Morgan fingerprint density at radius 3 is 2.50 bits per heavy atom. The zero-order valence-corrected chi connectivity index (χ0v) is 11.3. The van der Waals surface area contributed by atoms with Gasteiger partial charge in [0.15, 0.2) is 0 Å². The summed E-state index contributed by atoms with van der Waals surface area (Å²) in [7, 11) is 0. The van der Waals surface area contributed by atoms with Crippen LogP contribution in [0.1, 0.15) is 25.7 Å². The van der Waals surface area contributed by atoms with Crippen molar-refractivity contribution in [1.82, 2.24) is 0 Å². The average Bonchev–Trinajstić information content (AvgIpc) is 2.48. The normalized spacial score (nSPS) is 22.5. The van der Waals surface area contributed by atoms with Crippen LogP contribution in [-0.2, 0) is 9.53 Å². The SMILES string of the molecule is O=C(COC1CCC(CO)CC1)Nc1ccc(F)cc1. The summed E-state index contributed by atoms with van der Waals surface area (Å²) >= 11 is 0. The molecule has 2 rings (SSSR count). The fraction of sp³-hybridized carbons (Fsp3) is 0.533. The molecule has 1 fully saturated rings. The van der Waals surface area contributed by atoms with E-state index >= 15 is 0 Å². The van der Waals surface area contributed by atoms with Crippen LogP contribution >= 0.6 is 0 Å². The Hall–Kier alpha value is -1.46. The quantitative estimate of drug-likeness (QED) is 0.871. The van der Waals surface area contributed by atoms with Gasteiger partial charge in [0.2, 0.25) is 5.91 Å². The van der Waals surface area contributed by atoms with Crippen molar-refractivity contribution < 1.29 is 19.0 Å². The molecule has 0 heterocycles. The minimum absolute atomic E-state index is 0.00579. The van der Waals surface area contributed by atoms with Gasteiger partial charge in [0.05, 0.1) is 6.10 Å². The lowest BCUT2D eigenvalue weighted by Crippen LogP contribution is -2.27. The minimum Gasteiger partial charge on any atom is -0.396 e. The molecule has 20 heavy (non-hydrogen) atoms. The number of amides is 1. The molecule has 0 spiro atoms. The van der Waals surface area contributed by atoms with E-state index in [0.717, 1.165) is 25.7 Å². The molecule has 1 aliphatic rings. The van der Waals surface area contributed by atoms with Crippen LogP contribution in [0, 0.1) is 11.7 Å². The maximum Gasteiger partial charge on any atom is 0.250 e. The van der Waals surface area contributed by atoms with Gasteiger partial charge in [-0.15, -0.1) is 0 Å². The van der Waals surface area contributed by atoms with Crippen molar-refractivity contribution in [2.24, 2.45) is 5.92 Å². The molecule has 0 aliphatic heterocycles. The molecule has 4 nitrogen and oxygen atoms in total. The van der Waals surface area contributed by atoms with E-state index in [-0.39, 0.29) is 31.0 Å². The molecule has 110 valence electrons. The lowest BCUT2D eigenvalue weighted by molar-refractivity contribution is -0.123. The predicted octanol–water partition coefficient (Wildman–Crippen LogP) is 2.33. The monoisotopic (exact) mass is 281 g/mol. The third kappa shape index (κ3) is 4.58. The summed E-state index contributed by atoms with van der Waals surface area (Å²) < 4.78 is 18.3. The third-order valence-corrected chi connectivity index (χ3v) is 3.63. The standard InChI is InChI=1S/C15H20FNO3/c16-12-3-5-13(6-4-12)17-15(19)10-20-14-7-1-11(9-18)2-8-14/h3-6,11,14,18H,1-2,7-10H2,(H,17,19). The van der Waals surface area contributed by atoms with Gasteiger partial charge in [0.1, 0.15) is 12.4 Å². The molecule has 5 heteroatoms. The number of anilines is 1. The van der Waals surface area contributed by atoms with Gasteiger partial charge >= 0.3 is 0 Å². The van der Waals surface area contributed by atoms with Crippen LogP contribution in [0.25, 0.3) is 0 Å². The second-order valence-electron chi connectivity index (χ2n) is 5.19. The maximum absolute atomic E-state index is 12.7. The molecule has 2 N–H and O–H groups in total. The molecular formula is C15H20FNO3. The van der Waals surface area contributed by atoms with E-state index in [1.807, 2.05) is 0 Å². The largest absolute Gasteiger partial charge is 0.396 e. The van der Waals surface area contributed by atoms with Gasteiger partial charge in [-0.25, -0.2) is 4.39 Å². The molecule has 0 unspecified atom stereocenters. The molecule has 0 bridgehead atoms. The molecule has 0 aromatic heterocycles. The second-order valence-corrected chi connectivity index (χ2v) is 5.19. The molecule has 1 saturated carbocycles. The van der Waals surface area contributed by atoms with Gasteiger partial charge in [0.25, 0.3) is 0 Å². The number of aliphatic hydroxyl groups excluding tert-OH is 1. The zero-order valence-electron chi connectivity index (χ0n) is 11.3. The van der Waals surface area contributed by atoms with Crippen molar-refractivity contribution in [2.75, 3.05) is 18.5 Å². The number of benzene rings is 1. The second kappa shape index (κ2) is 7.36. The molecule has 0 saturated heterocycles. The number of aliphatic hydroxyl groups is 1. The number of rotatable bonds is 5. The van der Waals surface area contributed by atoms with E-state index in [1.54, 1.807) is 0 Å². The smallest absolute Gasteiger partial charge is 0.250 e. The van der Waals surface area contributed by atoms with Crippen LogP contribution < -0.4 is 5.32 Å². The van der Waals surface area contributed by atoms with Crippen LogP contribution in [0.3, 0.4) is 0 Å². The summed E-state index contributed by atoms with van der Waals surface area (Å²) in [6.45, 7) is 0.240. The number of halogens is 1. The van der Waals surface area contributed by atoms with Gasteiger partial charge in [-0.05, 0) is 55.9 Å². The van der Waals surface area contributed by atoms with Gasteiger partial charge < -0.3 is 15.2 Å². The van der Waals surface area contributed by atoms with Crippen molar-refractivity contribution in [2.45, 2.75) is 31.8 Å². The van der Waals surface area contributed by atoms with Crippen LogP contribution in [0.2, 0.25) is 0 Å². The highest BCUT2D eigenvalue weighted by molar-refractivity contribution is 5.91. The zero-order chi connectivity index (χ0) is 14.4. The first-order valence-electron chi connectivity index (χ1n) is 6.95. The lowest BCUT2D eigenvalue weighted by atomic mass is 9.88. The van der Waals surface area contributed by atoms with Gasteiger partial charge in [-0.1, -0.05) is 0 Å². The predicted molar refractivity (Wildman–Crippen MR) is 73.8 cm³/mol. The Morgan fingerprint density at radius 1 is 1.25 bits per heavy atom. The lowest BCUT2D eigenvalue weighted by Gasteiger charge is -2.27. The van der Waals surface area contributed by atoms with Gasteiger partial charge in [-0.2, -0.15) is 0 Å². The summed E-state index contributed by atoms with van der Waals surface area (Å²) in [5.74, 6) is -0.191. The fourth-order valence-corrected chi connectivity index (χ4v) is 2.40. The molecule has 1 aliphatic carbocycles. The highest BCUT2D eigenvalue weighted by Crippen LogP contribution is 2.25. The van der Waals surface area contributed by atoms with Crippen molar-refractivity contribution in [3.8, 4) is 0 Å². The molecule has 0 atom stereocenters. The van der Waals surface area contributed by atoms with Crippen molar-refractivity contribution in [3.63, 3.8) is 0 Å². The van der Waals surface area contributed by atoms with Gasteiger partial charge in [0, 0.05) is 12.3 Å². The first-order valence-corrected chi connectivity index (χ1v) is 6.95. The Labute approximate surface area is 117 Å². The number of nitrogens with one attached hydrogen (secondary N) is 1. The van der Waals surface area contributed by atoms with Crippen LogP contribution in [-0.4, -0.2) is 30.3 Å². The summed E-state index contributed by atoms with van der Waals surface area (Å²) in [6.07, 6.45) is 3.75. The Bertz CT molecular complexity index is 427. The van der Waals surface area contributed by atoms with E-state index in [4.69, 9.17) is 9.84 Å². The van der Waals surface area contributed by atoms with Crippen molar-refractivity contribution in [3.05, 3.63) is 30.1 Å². The van der Waals surface area contributed by atoms with Crippen molar-refractivity contribution in [1.29, 1.82) is 0 Å². The van der Waals surface area contributed by atoms with Gasteiger partial charge in [-0.3, -0.25) is 4.79 Å². The molecule has 0 radical (unpaired) electrons. The summed E-state index contributed by atoms with van der Waals surface area (Å²) in [5, 5.41) is 11.7. The minimum atomic E-state index is -0.333. The van der Waals surface area contributed by atoms with Crippen LogP contribution in [0.15, 0.2) is 24.3 Å². The Morgan fingerprint density at radius 2 is 1.90 bits per heavy atom. The Balaban J connectivity index is 1.69. The highest BCUT2D eigenvalue weighted by Gasteiger charge is 2.21. The highest BCUT2D eigenvalue weighted by atomic mass is 19.1. The van der Waals surface area contributed by atoms with E-state index in [1.165, 1.54) is 24.3 Å². The van der Waals surface area contributed by atoms with E-state index in [2.05, 4.69) is 5.32 Å². The maximum atomic E-state index is 12.7. The number of hydrogen-bond acceptors (Lipinski definition) is 3.